The lowest BCUT2D eigenvalue weighted by Crippen LogP contribution is -2.29. The Bertz CT molecular complexity index is 378. The molecule has 0 aliphatic carbocycles. The van der Waals surface area contributed by atoms with E-state index < -0.39 is 0 Å². The lowest BCUT2D eigenvalue weighted by molar-refractivity contribution is -0.118. The van der Waals surface area contributed by atoms with E-state index in [2.05, 4.69) is 0 Å². The number of nitrogens with zero attached hydrogens (tertiary/aromatic N) is 1. The number of halogens is 1. The van der Waals surface area contributed by atoms with E-state index in [0.29, 0.717) is 19.4 Å². The predicted octanol–water partition coefficient (Wildman–Crippen LogP) is 2.63. The molecule has 0 unspecified atom stereocenters. The summed E-state index contributed by atoms with van der Waals surface area (Å²) >= 11 is 5.42. The number of amides is 1. The van der Waals surface area contributed by atoms with Crippen LogP contribution < -0.4 is 4.90 Å². The van der Waals surface area contributed by atoms with Gasteiger partial charge in [-0.1, -0.05) is 18.2 Å². The van der Waals surface area contributed by atoms with E-state index in [4.69, 9.17) is 11.6 Å². The first-order chi connectivity index (χ1) is 8.15. The number of Topliss-reactive ketones (excluding diaryl/α,β-unsaturated/α-hetero) is 1. The number of carbonyl (C=O) groups is 2. The SMILES string of the molecule is CC(=O)N(CCCC(=O)CCl)c1ccccc1. The largest absolute Gasteiger partial charge is 0.313 e. The van der Waals surface area contributed by atoms with Crippen molar-refractivity contribution in [3.05, 3.63) is 30.3 Å². The van der Waals surface area contributed by atoms with Gasteiger partial charge in [0, 0.05) is 25.6 Å². The molecule has 0 aliphatic heterocycles. The minimum absolute atomic E-state index is 0.0169. The van der Waals surface area contributed by atoms with E-state index in [-0.39, 0.29) is 17.6 Å². The summed E-state index contributed by atoms with van der Waals surface area (Å²) in [5.74, 6) is 0.0450. The first-order valence-corrected chi connectivity index (χ1v) is 6.09. The highest BCUT2D eigenvalue weighted by atomic mass is 35.5. The van der Waals surface area contributed by atoms with Gasteiger partial charge in [0.05, 0.1) is 5.88 Å². The molecule has 0 bridgehead atoms. The van der Waals surface area contributed by atoms with Crippen LogP contribution in [-0.2, 0) is 9.59 Å². The first kappa shape index (κ1) is 13.7. The van der Waals surface area contributed by atoms with Crippen LogP contribution in [0.4, 0.5) is 5.69 Å². The van der Waals surface area contributed by atoms with Gasteiger partial charge in [-0.25, -0.2) is 0 Å². The average Bonchev–Trinajstić information content (AvgIpc) is 2.34. The Kier molecular flexibility index (Phi) is 5.70. The zero-order chi connectivity index (χ0) is 12.7. The normalized spacial score (nSPS) is 10.0. The minimum Gasteiger partial charge on any atom is -0.313 e. The summed E-state index contributed by atoms with van der Waals surface area (Å²) in [5.41, 5.74) is 0.860. The van der Waals surface area contributed by atoms with E-state index in [9.17, 15) is 9.59 Å². The lowest BCUT2D eigenvalue weighted by Gasteiger charge is -2.20. The fraction of sp³-hybridized carbons (Fsp3) is 0.385. The van der Waals surface area contributed by atoms with Gasteiger partial charge in [0.2, 0.25) is 5.91 Å². The summed E-state index contributed by atoms with van der Waals surface area (Å²) in [7, 11) is 0. The van der Waals surface area contributed by atoms with Gasteiger partial charge in [-0.15, -0.1) is 11.6 Å². The van der Waals surface area contributed by atoms with E-state index in [1.165, 1.54) is 6.92 Å². The molecular formula is C13H16ClNO2. The molecule has 0 fully saturated rings. The molecule has 1 rings (SSSR count). The lowest BCUT2D eigenvalue weighted by atomic mass is 10.2. The minimum atomic E-state index is -0.0190. The second-order valence-electron chi connectivity index (χ2n) is 3.78. The smallest absolute Gasteiger partial charge is 0.223 e. The molecular weight excluding hydrogens is 238 g/mol. The van der Waals surface area contributed by atoms with E-state index in [0.717, 1.165) is 5.69 Å². The summed E-state index contributed by atoms with van der Waals surface area (Å²) < 4.78 is 0. The molecule has 3 nitrogen and oxygen atoms in total. The summed E-state index contributed by atoms with van der Waals surface area (Å²) in [6, 6.07) is 9.43. The molecule has 0 saturated heterocycles. The Morgan fingerprint density at radius 1 is 1.24 bits per heavy atom. The van der Waals surface area contributed by atoms with Crippen molar-refractivity contribution >= 4 is 29.0 Å². The summed E-state index contributed by atoms with van der Waals surface area (Å²) in [4.78, 5) is 24.2. The van der Waals surface area contributed by atoms with Crippen LogP contribution in [0.2, 0.25) is 0 Å². The molecule has 4 heteroatoms. The molecule has 1 amide bonds. The molecule has 0 heterocycles. The Morgan fingerprint density at radius 3 is 2.41 bits per heavy atom. The maximum absolute atomic E-state index is 11.5. The molecule has 0 atom stereocenters. The summed E-state index contributed by atoms with van der Waals surface area (Å²) in [6.45, 7) is 2.07. The predicted molar refractivity (Wildman–Crippen MR) is 69.4 cm³/mol. The van der Waals surface area contributed by atoms with Gasteiger partial charge in [0.25, 0.3) is 0 Å². The third kappa shape index (κ3) is 4.57. The number of para-hydroxylation sites is 1. The van der Waals surface area contributed by atoms with Gasteiger partial charge >= 0.3 is 0 Å². The molecule has 1 aromatic rings. The second kappa shape index (κ2) is 7.07. The highest BCUT2D eigenvalue weighted by Gasteiger charge is 2.11. The van der Waals surface area contributed by atoms with Gasteiger partial charge in [-0.05, 0) is 18.6 Å². The van der Waals surface area contributed by atoms with Crippen molar-refractivity contribution in [1.82, 2.24) is 0 Å². The zero-order valence-electron chi connectivity index (χ0n) is 9.86. The van der Waals surface area contributed by atoms with Gasteiger partial charge in [-0.3, -0.25) is 9.59 Å². The number of hydrogen-bond donors (Lipinski definition) is 0. The van der Waals surface area contributed by atoms with Crippen LogP contribution in [0.15, 0.2) is 30.3 Å². The highest BCUT2D eigenvalue weighted by Crippen LogP contribution is 2.14. The molecule has 0 radical (unpaired) electrons. The van der Waals surface area contributed by atoms with Gasteiger partial charge in [-0.2, -0.15) is 0 Å². The Hall–Kier alpha value is -1.35. The van der Waals surface area contributed by atoms with E-state index in [1.54, 1.807) is 4.90 Å². The summed E-state index contributed by atoms with van der Waals surface area (Å²) in [5, 5.41) is 0. The summed E-state index contributed by atoms with van der Waals surface area (Å²) in [6.07, 6.45) is 1.06. The van der Waals surface area contributed by atoms with Gasteiger partial charge in [0.1, 0.15) is 5.78 Å². The maximum atomic E-state index is 11.5. The third-order valence-corrected chi connectivity index (χ3v) is 2.73. The standard InChI is InChI=1S/C13H16ClNO2/c1-11(16)15(9-5-8-13(17)10-14)12-6-3-2-4-7-12/h2-4,6-7H,5,8-10H2,1H3. The number of alkyl halides is 1. The molecule has 0 aliphatic rings. The maximum Gasteiger partial charge on any atom is 0.223 e. The third-order valence-electron chi connectivity index (χ3n) is 2.43. The van der Waals surface area contributed by atoms with Crippen molar-refractivity contribution in [2.24, 2.45) is 0 Å². The number of anilines is 1. The van der Waals surface area contributed by atoms with Crippen LogP contribution in [0.1, 0.15) is 19.8 Å². The van der Waals surface area contributed by atoms with Crippen LogP contribution in [0.25, 0.3) is 0 Å². The van der Waals surface area contributed by atoms with E-state index >= 15 is 0 Å². The quantitative estimate of drug-likeness (QED) is 0.731. The van der Waals surface area contributed by atoms with Crippen LogP contribution >= 0.6 is 11.6 Å². The van der Waals surface area contributed by atoms with E-state index in [1.807, 2.05) is 30.3 Å². The Balaban J connectivity index is 2.56. The molecule has 0 spiro atoms. The van der Waals surface area contributed by atoms with Crippen molar-refractivity contribution in [3.8, 4) is 0 Å². The number of ketones is 1. The van der Waals surface area contributed by atoms with Crippen LogP contribution in [0, 0.1) is 0 Å². The number of rotatable bonds is 6. The zero-order valence-corrected chi connectivity index (χ0v) is 10.6. The monoisotopic (exact) mass is 253 g/mol. The van der Waals surface area contributed by atoms with Gasteiger partial charge in [0.15, 0.2) is 0 Å². The molecule has 92 valence electrons. The molecule has 0 saturated carbocycles. The van der Waals surface area contributed by atoms with Crippen molar-refractivity contribution in [2.75, 3.05) is 17.3 Å². The topological polar surface area (TPSA) is 37.4 Å². The Morgan fingerprint density at radius 2 is 1.88 bits per heavy atom. The molecule has 0 aromatic heterocycles. The fourth-order valence-electron chi connectivity index (χ4n) is 1.58. The van der Waals surface area contributed by atoms with Crippen molar-refractivity contribution in [2.45, 2.75) is 19.8 Å². The number of benzene rings is 1. The van der Waals surface area contributed by atoms with Gasteiger partial charge < -0.3 is 4.90 Å². The van der Waals surface area contributed by atoms with Crippen LogP contribution in [-0.4, -0.2) is 24.1 Å². The number of hydrogen-bond acceptors (Lipinski definition) is 2. The molecule has 1 aromatic carbocycles. The molecule has 0 N–H and O–H groups in total. The van der Waals surface area contributed by atoms with Crippen molar-refractivity contribution < 1.29 is 9.59 Å². The van der Waals surface area contributed by atoms with Crippen molar-refractivity contribution in [1.29, 1.82) is 0 Å². The fourth-order valence-corrected chi connectivity index (χ4v) is 1.71. The highest BCUT2D eigenvalue weighted by molar-refractivity contribution is 6.27. The Labute approximate surface area is 106 Å². The molecule has 17 heavy (non-hydrogen) atoms. The average molecular weight is 254 g/mol. The second-order valence-corrected chi connectivity index (χ2v) is 4.05. The number of carbonyl (C=O) groups excluding carboxylic acids is 2. The van der Waals surface area contributed by atoms with Crippen molar-refractivity contribution in [3.63, 3.8) is 0 Å². The van der Waals surface area contributed by atoms with Crippen LogP contribution in [0.5, 0.6) is 0 Å². The first-order valence-electron chi connectivity index (χ1n) is 5.56. The van der Waals surface area contributed by atoms with Crippen LogP contribution in [0.3, 0.4) is 0 Å².